The Hall–Kier alpha value is -2.86. The van der Waals surface area contributed by atoms with Gasteiger partial charge in [0.2, 0.25) is 5.78 Å². The van der Waals surface area contributed by atoms with Crippen LogP contribution in [0.15, 0.2) is 42.5 Å². The number of carbonyl (C=O) groups excluding carboxylic acids is 1. The van der Waals surface area contributed by atoms with Crippen molar-refractivity contribution in [2.45, 2.75) is 3.79 Å². The van der Waals surface area contributed by atoms with Crippen LogP contribution in [0, 0.1) is 0 Å². The SMILES string of the molecule is O=C(c1cc2cc3nc(cc4ccc(cc5nc(cc1[nH]2)C=C5)[nH]4)C=C3)C(Cl)(Cl)Cl. The standard InChI is InChI=1S/C22H13Cl3N4O/c23-22(24,25)21(30)19-10-18-9-16-4-3-14(27-16)7-12-1-2-13(26-12)8-15-5-6-17(28-15)11-20(19)29-18/h1-11,26,29H. The Kier molecular flexibility index (Phi) is 4.54. The van der Waals surface area contributed by atoms with Gasteiger partial charge in [0.15, 0.2) is 0 Å². The number of Topliss-reactive ketones (excluding diaryl/α,β-unsaturated/α-hetero) is 1. The highest BCUT2D eigenvalue weighted by molar-refractivity contribution is 6.77. The van der Waals surface area contributed by atoms with E-state index >= 15 is 0 Å². The number of ketones is 1. The molecule has 3 aromatic heterocycles. The van der Waals surface area contributed by atoms with Crippen LogP contribution in [0.3, 0.4) is 0 Å². The lowest BCUT2D eigenvalue weighted by molar-refractivity contribution is 0.0998. The first kappa shape index (κ1) is 19.1. The Labute approximate surface area is 186 Å². The van der Waals surface area contributed by atoms with E-state index in [4.69, 9.17) is 34.8 Å². The lowest BCUT2D eigenvalue weighted by Gasteiger charge is -2.07. The lowest BCUT2D eigenvalue weighted by Crippen LogP contribution is -2.18. The average Bonchev–Trinajstić information content (AvgIpc) is 3.45. The van der Waals surface area contributed by atoms with Gasteiger partial charge in [-0.15, -0.1) is 0 Å². The number of rotatable bonds is 1. The first-order chi connectivity index (χ1) is 14.3. The zero-order valence-electron chi connectivity index (χ0n) is 15.3. The fourth-order valence-corrected chi connectivity index (χ4v) is 3.66. The summed E-state index contributed by atoms with van der Waals surface area (Å²) in [6.07, 6.45) is 7.57. The number of fused-ring (bicyclic) bond motifs is 8. The van der Waals surface area contributed by atoms with Gasteiger partial charge in [-0.3, -0.25) is 4.79 Å². The lowest BCUT2D eigenvalue weighted by atomic mass is 10.2. The Morgan fingerprint density at radius 3 is 1.73 bits per heavy atom. The number of hydrogen-bond donors (Lipinski definition) is 2. The molecule has 2 aliphatic rings. The third kappa shape index (κ3) is 3.79. The number of halogens is 3. The van der Waals surface area contributed by atoms with Gasteiger partial charge in [0, 0.05) is 22.1 Å². The van der Waals surface area contributed by atoms with Gasteiger partial charge in [0.05, 0.1) is 28.3 Å². The van der Waals surface area contributed by atoms with Gasteiger partial charge >= 0.3 is 0 Å². The van der Waals surface area contributed by atoms with E-state index in [9.17, 15) is 4.79 Å². The molecule has 2 aliphatic heterocycles. The Bertz CT molecular complexity index is 1410. The van der Waals surface area contributed by atoms with Crippen LogP contribution in [-0.2, 0) is 0 Å². The number of hydrogen-bond acceptors (Lipinski definition) is 3. The minimum absolute atomic E-state index is 0.269. The molecule has 0 spiro atoms. The molecule has 5 nitrogen and oxygen atoms in total. The van der Waals surface area contributed by atoms with Gasteiger partial charge in [0.1, 0.15) is 0 Å². The summed E-state index contributed by atoms with van der Waals surface area (Å²) in [5.74, 6) is -0.617. The predicted molar refractivity (Wildman–Crippen MR) is 123 cm³/mol. The van der Waals surface area contributed by atoms with Gasteiger partial charge in [-0.25, -0.2) is 9.97 Å². The van der Waals surface area contributed by atoms with Crippen molar-refractivity contribution in [3.63, 3.8) is 0 Å². The van der Waals surface area contributed by atoms with Crippen LogP contribution in [0.5, 0.6) is 0 Å². The summed E-state index contributed by atoms with van der Waals surface area (Å²) in [5, 5.41) is 0. The molecule has 0 aliphatic carbocycles. The summed E-state index contributed by atoms with van der Waals surface area (Å²) >= 11 is 17.6. The largest absolute Gasteiger partial charge is 0.355 e. The highest BCUT2D eigenvalue weighted by Crippen LogP contribution is 2.32. The molecule has 0 saturated carbocycles. The van der Waals surface area contributed by atoms with E-state index in [-0.39, 0.29) is 5.56 Å². The first-order valence-corrected chi connectivity index (χ1v) is 10.2. The summed E-state index contributed by atoms with van der Waals surface area (Å²) in [6, 6.07) is 13.1. The van der Waals surface area contributed by atoms with Crippen molar-refractivity contribution in [3.05, 3.63) is 70.8 Å². The van der Waals surface area contributed by atoms with Gasteiger partial charge in [-0.2, -0.15) is 0 Å². The molecule has 8 bridgehead atoms. The van der Waals surface area contributed by atoms with E-state index in [1.54, 1.807) is 12.1 Å². The van der Waals surface area contributed by atoms with Crippen LogP contribution >= 0.6 is 34.8 Å². The fourth-order valence-electron chi connectivity index (χ4n) is 3.36. The Morgan fingerprint density at radius 2 is 1.20 bits per heavy atom. The predicted octanol–water partition coefficient (Wildman–Crippen LogP) is 6.21. The summed E-state index contributed by atoms with van der Waals surface area (Å²) < 4.78 is -2.06. The summed E-state index contributed by atoms with van der Waals surface area (Å²) in [6.45, 7) is 0. The Morgan fingerprint density at radius 1 is 0.700 bits per heavy atom. The van der Waals surface area contributed by atoms with Gasteiger partial charge in [0.25, 0.3) is 3.79 Å². The topological polar surface area (TPSA) is 74.4 Å². The van der Waals surface area contributed by atoms with Crippen molar-refractivity contribution >= 4 is 87.0 Å². The molecule has 148 valence electrons. The van der Waals surface area contributed by atoms with Crippen molar-refractivity contribution in [3.8, 4) is 0 Å². The van der Waals surface area contributed by atoms with Gasteiger partial charge < -0.3 is 9.97 Å². The van der Waals surface area contributed by atoms with Gasteiger partial charge in [-0.05, 0) is 66.8 Å². The number of nitrogens with zero attached hydrogens (tertiary/aromatic N) is 2. The van der Waals surface area contributed by atoms with E-state index in [1.807, 2.05) is 54.6 Å². The summed E-state index contributed by atoms with van der Waals surface area (Å²) in [5.41, 5.74) is 6.30. The quantitative estimate of drug-likeness (QED) is 0.233. The number of aromatic amines is 2. The zero-order valence-corrected chi connectivity index (χ0v) is 17.6. The van der Waals surface area contributed by atoms with E-state index in [2.05, 4.69) is 19.9 Å². The van der Waals surface area contributed by atoms with E-state index in [1.165, 1.54) is 0 Å². The molecule has 3 aromatic rings. The highest BCUT2D eigenvalue weighted by Gasteiger charge is 2.33. The molecule has 0 radical (unpaired) electrons. The number of carbonyl (C=O) groups is 1. The van der Waals surface area contributed by atoms with Crippen molar-refractivity contribution in [1.82, 2.24) is 19.9 Å². The molecular weight excluding hydrogens is 443 g/mol. The second-order valence-corrected chi connectivity index (χ2v) is 9.20. The van der Waals surface area contributed by atoms with Crippen molar-refractivity contribution in [2.75, 3.05) is 0 Å². The first-order valence-electron chi connectivity index (χ1n) is 9.03. The zero-order chi connectivity index (χ0) is 20.9. The maximum Gasteiger partial charge on any atom is 0.253 e. The fraction of sp³-hybridized carbons (Fsp3) is 0.0455. The van der Waals surface area contributed by atoms with E-state index in [0.717, 1.165) is 28.1 Å². The van der Waals surface area contributed by atoms with E-state index in [0.29, 0.717) is 16.7 Å². The number of aromatic nitrogens is 4. The molecule has 0 aromatic carbocycles. The second kappa shape index (κ2) is 7.13. The van der Waals surface area contributed by atoms with Crippen molar-refractivity contribution < 1.29 is 4.79 Å². The maximum atomic E-state index is 12.7. The third-order valence-corrected chi connectivity index (χ3v) is 5.19. The van der Waals surface area contributed by atoms with Crippen LogP contribution in [-0.4, -0.2) is 29.5 Å². The minimum Gasteiger partial charge on any atom is -0.355 e. The minimum atomic E-state index is -2.06. The Balaban J connectivity index is 1.84. The van der Waals surface area contributed by atoms with Crippen LogP contribution in [0.1, 0.15) is 33.1 Å². The van der Waals surface area contributed by atoms with Crippen molar-refractivity contribution in [1.29, 1.82) is 0 Å². The van der Waals surface area contributed by atoms with E-state index < -0.39 is 9.58 Å². The molecule has 0 atom stereocenters. The highest BCUT2D eigenvalue weighted by atomic mass is 35.6. The smallest absolute Gasteiger partial charge is 0.253 e. The molecule has 5 rings (SSSR count). The molecular formula is C22H13Cl3N4O. The number of alkyl halides is 3. The second-order valence-electron chi connectivity index (χ2n) is 6.92. The molecule has 0 fully saturated rings. The monoisotopic (exact) mass is 454 g/mol. The third-order valence-electron chi connectivity index (χ3n) is 4.67. The van der Waals surface area contributed by atoms with Crippen LogP contribution < -0.4 is 0 Å². The summed E-state index contributed by atoms with van der Waals surface area (Å²) in [4.78, 5) is 28.4. The molecule has 5 heterocycles. The average molecular weight is 456 g/mol. The molecule has 2 N–H and O–H groups in total. The molecule has 8 heteroatoms. The van der Waals surface area contributed by atoms with Crippen LogP contribution in [0.4, 0.5) is 0 Å². The van der Waals surface area contributed by atoms with Crippen LogP contribution in [0.2, 0.25) is 0 Å². The number of nitrogens with one attached hydrogen (secondary N) is 2. The maximum absolute atomic E-state index is 12.7. The molecule has 30 heavy (non-hydrogen) atoms. The van der Waals surface area contributed by atoms with Crippen LogP contribution in [0.25, 0.3) is 46.4 Å². The molecule has 0 saturated heterocycles. The number of H-pyrrole nitrogens is 2. The summed E-state index contributed by atoms with van der Waals surface area (Å²) in [7, 11) is 0. The van der Waals surface area contributed by atoms with Gasteiger partial charge in [-0.1, -0.05) is 34.8 Å². The van der Waals surface area contributed by atoms with Crippen molar-refractivity contribution in [2.24, 2.45) is 0 Å². The molecule has 0 unspecified atom stereocenters. The molecule has 0 amide bonds. The normalized spacial score (nSPS) is 13.0.